The molecule has 0 bridgehead atoms. The zero-order chi connectivity index (χ0) is 14.8. The standard InChI is InChI=1S/C19H26ClN/c1-13(15-4-2-14(12-21)3-5-15)17-10-18(11-17)16-6-8-19(20)9-7-16/h6-9,14-15,17-18H,1-5,10-12,21H2. The molecule has 2 heteroatoms. The molecule has 2 saturated carbocycles. The molecule has 0 aromatic heterocycles. The van der Waals surface area contributed by atoms with Crippen LogP contribution in [0, 0.1) is 17.8 Å². The van der Waals surface area contributed by atoms with Gasteiger partial charge in [-0.3, -0.25) is 0 Å². The summed E-state index contributed by atoms with van der Waals surface area (Å²) in [5.74, 6) is 2.97. The highest BCUT2D eigenvalue weighted by molar-refractivity contribution is 6.30. The average molecular weight is 304 g/mol. The van der Waals surface area contributed by atoms with Gasteiger partial charge in [-0.25, -0.2) is 0 Å². The van der Waals surface area contributed by atoms with Gasteiger partial charge in [-0.1, -0.05) is 35.9 Å². The molecule has 0 spiro atoms. The van der Waals surface area contributed by atoms with Gasteiger partial charge in [0.25, 0.3) is 0 Å². The van der Waals surface area contributed by atoms with Crippen molar-refractivity contribution in [2.45, 2.75) is 44.4 Å². The highest BCUT2D eigenvalue weighted by Crippen LogP contribution is 2.48. The van der Waals surface area contributed by atoms with E-state index >= 15 is 0 Å². The molecule has 0 aliphatic heterocycles. The van der Waals surface area contributed by atoms with Gasteiger partial charge in [0.1, 0.15) is 0 Å². The Kier molecular flexibility index (Phi) is 4.71. The summed E-state index contributed by atoms with van der Waals surface area (Å²) in [5.41, 5.74) is 8.75. The molecule has 1 aromatic carbocycles. The lowest BCUT2D eigenvalue weighted by atomic mass is 9.64. The van der Waals surface area contributed by atoms with E-state index in [-0.39, 0.29) is 0 Å². The van der Waals surface area contributed by atoms with Gasteiger partial charge in [0.15, 0.2) is 0 Å². The Morgan fingerprint density at radius 1 is 1.05 bits per heavy atom. The third-order valence-corrected chi connectivity index (χ3v) is 5.96. The summed E-state index contributed by atoms with van der Waals surface area (Å²) in [5, 5.41) is 0.829. The Bertz CT molecular complexity index is 479. The summed E-state index contributed by atoms with van der Waals surface area (Å²) < 4.78 is 0. The molecular formula is C19H26ClN. The zero-order valence-electron chi connectivity index (χ0n) is 12.7. The maximum Gasteiger partial charge on any atom is 0.0406 e. The molecule has 1 aromatic rings. The average Bonchev–Trinajstić information content (AvgIpc) is 2.47. The number of hydrogen-bond donors (Lipinski definition) is 1. The lowest BCUT2D eigenvalue weighted by molar-refractivity contribution is 0.243. The van der Waals surface area contributed by atoms with Crippen LogP contribution < -0.4 is 5.73 Å². The van der Waals surface area contributed by atoms with Crippen molar-refractivity contribution in [1.29, 1.82) is 0 Å². The van der Waals surface area contributed by atoms with Gasteiger partial charge in [0, 0.05) is 5.02 Å². The van der Waals surface area contributed by atoms with Gasteiger partial charge in [0.2, 0.25) is 0 Å². The molecule has 2 fully saturated rings. The Morgan fingerprint density at radius 3 is 2.24 bits per heavy atom. The molecule has 2 aliphatic rings. The van der Waals surface area contributed by atoms with Gasteiger partial charge in [-0.15, -0.1) is 0 Å². The third kappa shape index (κ3) is 3.35. The minimum atomic E-state index is 0.712. The third-order valence-electron chi connectivity index (χ3n) is 5.71. The first-order valence-corrected chi connectivity index (χ1v) is 8.69. The second kappa shape index (κ2) is 6.54. The van der Waals surface area contributed by atoms with E-state index in [2.05, 4.69) is 18.7 Å². The molecule has 0 radical (unpaired) electrons. The number of rotatable bonds is 4. The molecule has 114 valence electrons. The normalized spacial score (nSPS) is 32.5. The molecule has 2 aliphatic carbocycles. The van der Waals surface area contributed by atoms with Gasteiger partial charge in [-0.05, 0) is 86.4 Å². The molecule has 21 heavy (non-hydrogen) atoms. The Labute approximate surface area is 133 Å². The van der Waals surface area contributed by atoms with Crippen LogP contribution in [0.1, 0.15) is 50.0 Å². The summed E-state index contributed by atoms with van der Waals surface area (Å²) in [4.78, 5) is 0. The van der Waals surface area contributed by atoms with Crippen LogP contribution >= 0.6 is 11.6 Å². The minimum Gasteiger partial charge on any atom is -0.330 e. The summed E-state index contributed by atoms with van der Waals surface area (Å²) in [6.07, 6.45) is 7.77. The van der Waals surface area contributed by atoms with Gasteiger partial charge in [-0.2, -0.15) is 0 Å². The summed E-state index contributed by atoms with van der Waals surface area (Å²) in [6.45, 7) is 5.30. The van der Waals surface area contributed by atoms with E-state index in [1.807, 2.05) is 12.1 Å². The van der Waals surface area contributed by atoms with Crippen molar-refractivity contribution >= 4 is 11.6 Å². The highest BCUT2D eigenvalue weighted by atomic mass is 35.5. The maximum absolute atomic E-state index is 5.96. The van der Waals surface area contributed by atoms with E-state index < -0.39 is 0 Å². The van der Waals surface area contributed by atoms with Crippen LogP contribution in [-0.4, -0.2) is 6.54 Å². The molecule has 1 nitrogen and oxygen atoms in total. The van der Waals surface area contributed by atoms with Crippen molar-refractivity contribution in [2.75, 3.05) is 6.54 Å². The summed E-state index contributed by atoms with van der Waals surface area (Å²) >= 11 is 5.96. The van der Waals surface area contributed by atoms with Crippen LogP contribution in [0.5, 0.6) is 0 Å². The molecule has 0 unspecified atom stereocenters. The zero-order valence-corrected chi connectivity index (χ0v) is 13.5. The van der Waals surface area contributed by atoms with Crippen molar-refractivity contribution < 1.29 is 0 Å². The maximum atomic E-state index is 5.96. The first-order chi connectivity index (χ1) is 10.2. The second-order valence-electron chi connectivity index (χ2n) is 6.95. The Balaban J connectivity index is 1.49. The SMILES string of the molecule is C=C(C1CCC(CN)CC1)C1CC(c2ccc(Cl)cc2)C1. The highest BCUT2D eigenvalue weighted by Gasteiger charge is 2.35. The van der Waals surface area contributed by atoms with Crippen LogP contribution in [0.15, 0.2) is 36.4 Å². The first kappa shape index (κ1) is 15.1. The van der Waals surface area contributed by atoms with E-state index in [0.29, 0.717) is 5.92 Å². The molecule has 0 atom stereocenters. The quantitative estimate of drug-likeness (QED) is 0.764. The first-order valence-electron chi connectivity index (χ1n) is 8.31. The predicted molar refractivity (Wildman–Crippen MR) is 90.6 cm³/mol. The van der Waals surface area contributed by atoms with E-state index in [9.17, 15) is 0 Å². The van der Waals surface area contributed by atoms with Crippen molar-refractivity contribution in [3.63, 3.8) is 0 Å². The molecule has 0 heterocycles. The Hall–Kier alpha value is -0.790. The lowest BCUT2D eigenvalue weighted by Gasteiger charge is -2.41. The number of hydrogen-bond acceptors (Lipinski definition) is 1. The van der Waals surface area contributed by atoms with Crippen molar-refractivity contribution in [1.82, 2.24) is 0 Å². The van der Waals surface area contributed by atoms with E-state index in [0.717, 1.165) is 29.3 Å². The van der Waals surface area contributed by atoms with Crippen molar-refractivity contribution in [2.24, 2.45) is 23.5 Å². The van der Waals surface area contributed by atoms with Crippen LogP contribution in [-0.2, 0) is 0 Å². The smallest absolute Gasteiger partial charge is 0.0406 e. The van der Waals surface area contributed by atoms with Crippen LogP contribution in [0.3, 0.4) is 0 Å². The fourth-order valence-corrected chi connectivity index (χ4v) is 4.16. The van der Waals surface area contributed by atoms with Gasteiger partial charge < -0.3 is 5.73 Å². The fraction of sp³-hybridized carbons (Fsp3) is 0.579. The van der Waals surface area contributed by atoms with E-state index in [4.69, 9.17) is 17.3 Å². The fourth-order valence-electron chi connectivity index (χ4n) is 4.03. The number of allylic oxidation sites excluding steroid dienone is 1. The van der Waals surface area contributed by atoms with Crippen LogP contribution in [0.25, 0.3) is 0 Å². The van der Waals surface area contributed by atoms with E-state index in [1.165, 1.54) is 49.7 Å². The van der Waals surface area contributed by atoms with E-state index in [1.54, 1.807) is 0 Å². The Morgan fingerprint density at radius 2 is 1.67 bits per heavy atom. The van der Waals surface area contributed by atoms with Crippen LogP contribution in [0.4, 0.5) is 0 Å². The predicted octanol–water partition coefficient (Wildman–Crippen LogP) is 5.15. The van der Waals surface area contributed by atoms with Crippen molar-refractivity contribution in [3.8, 4) is 0 Å². The monoisotopic (exact) mass is 303 g/mol. The molecule has 0 saturated heterocycles. The molecule has 3 rings (SSSR count). The largest absolute Gasteiger partial charge is 0.330 e. The number of nitrogens with two attached hydrogens (primary N) is 1. The minimum absolute atomic E-state index is 0.712. The molecular weight excluding hydrogens is 278 g/mol. The van der Waals surface area contributed by atoms with Gasteiger partial charge >= 0.3 is 0 Å². The molecule has 0 amide bonds. The number of benzene rings is 1. The summed E-state index contributed by atoms with van der Waals surface area (Å²) in [6, 6.07) is 8.37. The van der Waals surface area contributed by atoms with Gasteiger partial charge in [0.05, 0.1) is 0 Å². The second-order valence-corrected chi connectivity index (χ2v) is 7.38. The molecule has 2 N–H and O–H groups in total. The summed E-state index contributed by atoms with van der Waals surface area (Å²) in [7, 11) is 0. The van der Waals surface area contributed by atoms with Crippen LogP contribution in [0.2, 0.25) is 5.02 Å². The topological polar surface area (TPSA) is 26.0 Å². The number of halogens is 1. The lowest BCUT2D eigenvalue weighted by Crippen LogP contribution is -2.29. The van der Waals surface area contributed by atoms with Crippen molar-refractivity contribution in [3.05, 3.63) is 47.0 Å².